The zero-order valence-electron chi connectivity index (χ0n) is 15.1. The molecule has 0 aliphatic carbocycles. The second-order valence-electron chi connectivity index (χ2n) is 6.78. The zero-order chi connectivity index (χ0) is 18.8. The summed E-state index contributed by atoms with van der Waals surface area (Å²) < 4.78 is 1.85. The maximum Gasteiger partial charge on any atom is 0.273 e. The Hall–Kier alpha value is -2.74. The first-order chi connectivity index (χ1) is 13.1. The standard InChI is InChI=1S/C19H21N5O2S/c1-13-4-6-14(7-5-13)10-20-15(25)11-24-12-21-17-16(18(24)26)27-19(22-17)23-8-2-3-9-23/h4-7,12H,2-3,8-11H2,1H3,(H,20,25). The molecule has 1 saturated heterocycles. The third-order valence-corrected chi connectivity index (χ3v) is 5.77. The first kappa shape index (κ1) is 17.7. The maximum absolute atomic E-state index is 12.7. The zero-order valence-corrected chi connectivity index (χ0v) is 16.0. The summed E-state index contributed by atoms with van der Waals surface area (Å²) in [6.45, 7) is 4.34. The van der Waals surface area contributed by atoms with Crippen LogP contribution in [0.1, 0.15) is 24.0 Å². The van der Waals surface area contributed by atoms with Gasteiger partial charge < -0.3 is 10.2 Å². The maximum atomic E-state index is 12.7. The van der Waals surface area contributed by atoms with Crippen LogP contribution in [-0.2, 0) is 17.9 Å². The van der Waals surface area contributed by atoms with E-state index < -0.39 is 0 Å². The highest BCUT2D eigenvalue weighted by atomic mass is 32.1. The van der Waals surface area contributed by atoms with Gasteiger partial charge in [0.1, 0.15) is 17.6 Å². The number of rotatable bonds is 5. The van der Waals surface area contributed by atoms with Crippen LogP contribution >= 0.6 is 11.3 Å². The minimum atomic E-state index is -0.219. The van der Waals surface area contributed by atoms with Crippen LogP contribution in [0.15, 0.2) is 35.4 Å². The predicted molar refractivity (Wildman–Crippen MR) is 106 cm³/mol. The van der Waals surface area contributed by atoms with Crippen molar-refractivity contribution in [2.24, 2.45) is 0 Å². The van der Waals surface area contributed by atoms with Crippen molar-refractivity contribution in [2.75, 3.05) is 18.0 Å². The second-order valence-corrected chi connectivity index (χ2v) is 7.76. The van der Waals surface area contributed by atoms with Gasteiger partial charge in [0.05, 0.1) is 0 Å². The minimum Gasteiger partial charge on any atom is -0.350 e. The van der Waals surface area contributed by atoms with E-state index in [0.717, 1.165) is 36.6 Å². The summed E-state index contributed by atoms with van der Waals surface area (Å²) in [7, 11) is 0. The van der Waals surface area contributed by atoms with Gasteiger partial charge in [0.2, 0.25) is 5.91 Å². The fraction of sp³-hybridized carbons (Fsp3) is 0.368. The van der Waals surface area contributed by atoms with Gasteiger partial charge in [0, 0.05) is 19.6 Å². The van der Waals surface area contributed by atoms with Gasteiger partial charge in [-0.05, 0) is 25.3 Å². The molecular formula is C19H21N5O2S. The average molecular weight is 383 g/mol. The van der Waals surface area contributed by atoms with Crippen molar-refractivity contribution in [3.8, 4) is 0 Å². The van der Waals surface area contributed by atoms with Crippen LogP contribution in [0.2, 0.25) is 0 Å². The molecule has 7 nitrogen and oxygen atoms in total. The number of benzene rings is 1. The summed E-state index contributed by atoms with van der Waals surface area (Å²) in [5.74, 6) is -0.219. The first-order valence-electron chi connectivity index (χ1n) is 9.03. The van der Waals surface area contributed by atoms with Crippen molar-refractivity contribution in [3.05, 3.63) is 52.1 Å². The van der Waals surface area contributed by atoms with Crippen molar-refractivity contribution in [2.45, 2.75) is 32.9 Å². The molecule has 3 heterocycles. The van der Waals surface area contributed by atoms with Crippen molar-refractivity contribution >= 4 is 32.7 Å². The number of fused-ring (bicyclic) bond motifs is 1. The van der Waals surface area contributed by atoms with Crippen molar-refractivity contribution in [1.82, 2.24) is 19.9 Å². The number of nitrogens with zero attached hydrogens (tertiary/aromatic N) is 4. The number of amides is 1. The summed E-state index contributed by atoms with van der Waals surface area (Å²) in [6, 6.07) is 7.97. The van der Waals surface area contributed by atoms with Crippen molar-refractivity contribution < 1.29 is 4.79 Å². The van der Waals surface area contributed by atoms with Crippen LogP contribution in [0.5, 0.6) is 0 Å². The number of hydrogen-bond acceptors (Lipinski definition) is 6. The molecule has 0 unspecified atom stereocenters. The normalized spacial score (nSPS) is 14.0. The molecule has 2 aromatic heterocycles. The lowest BCUT2D eigenvalue weighted by Gasteiger charge is -2.11. The smallest absolute Gasteiger partial charge is 0.273 e. The fourth-order valence-electron chi connectivity index (χ4n) is 3.11. The summed E-state index contributed by atoms with van der Waals surface area (Å²) in [5.41, 5.74) is 2.44. The highest BCUT2D eigenvalue weighted by molar-refractivity contribution is 7.22. The van der Waals surface area contributed by atoms with E-state index in [1.807, 2.05) is 31.2 Å². The number of thiazole rings is 1. The lowest BCUT2D eigenvalue weighted by molar-refractivity contribution is -0.121. The summed E-state index contributed by atoms with van der Waals surface area (Å²) in [4.78, 5) is 35.9. The van der Waals surface area contributed by atoms with Gasteiger partial charge >= 0.3 is 0 Å². The lowest BCUT2D eigenvalue weighted by Crippen LogP contribution is -2.31. The Morgan fingerprint density at radius 1 is 1.22 bits per heavy atom. The molecule has 1 fully saturated rings. The second kappa shape index (κ2) is 7.48. The predicted octanol–water partition coefficient (Wildman–Crippen LogP) is 2.08. The molecule has 0 atom stereocenters. The number of nitrogens with one attached hydrogen (secondary N) is 1. The number of anilines is 1. The van der Waals surface area contributed by atoms with Crippen LogP contribution in [0.3, 0.4) is 0 Å². The monoisotopic (exact) mass is 383 g/mol. The number of carbonyl (C=O) groups excluding carboxylic acids is 1. The Balaban J connectivity index is 1.46. The Morgan fingerprint density at radius 3 is 2.70 bits per heavy atom. The SMILES string of the molecule is Cc1ccc(CNC(=O)Cn2cnc3nc(N4CCCC4)sc3c2=O)cc1. The van der Waals surface area contributed by atoms with Gasteiger partial charge in [-0.1, -0.05) is 41.2 Å². The molecule has 1 aliphatic rings. The molecule has 0 spiro atoms. The summed E-state index contributed by atoms with van der Waals surface area (Å²) in [6.07, 6.45) is 3.70. The molecule has 0 saturated carbocycles. The average Bonchev–Trinajstić information content (AvgIpc) is 3.33. The highest BCUT2D eigenvalue weighted by Crippen LogP contribution is 2.27. The van der Waals surface area contributed by atoms with E-state index in [4.69, 9.17) is 0 Å². The van der Waals surface area contributed by atoms with Gasteiger partial charge in [-0.3, -0.25) is 14.2 Å². The van der Waals surface area contributed by atoms with Crippen molar-refractivity contribution in [1.29, 1.82) is 0 Å². The fourth-order valence-corrected chi connectivity index (χ4v) is 4.13. The van der Waals surface area contributed by atoms with Gasteiger partial charge in [-0.2, -0.15) is 4.98 Å². The number of hydrogen-bond donors (Lipinski definition) is 1. The van der Waals surface area contributed by atoms with Crippen LogP contribution < -0.4 is 15.8 Å². The molecule has 1 aromatic carbocycles. The largest absolute Gasteiger partial charge is 0.350 e. The molecule has 4 rings (SSSR count). The van der Waals surface area contributed by atoms with Gasteiger partial charge in [-0.15, -0.1) is 0 Å². The topological polar surface area (TPSA) is 80.1 Å². The summed E-state index contributed by atoms with van der Waals surface area (Å²) in [5, 5.41) is 3.69. The molecule has 1 amide bonds. The van der Waals surface area contributed by atoms with E-state index in [9.17, 15) is 9.59 Å². The first-order valence-corrected chi connectivity index (χ1v) is 9.85. The Morgan fingerprint density at radius 2 is 1.96 bits per heavy atom. The third kappa shape index (κ3) is 3.85. The van der Waals surface area contributed by atoms with Gasteiger partial charge in [0.25, 0.3) is 5.56 Å². The summed E-state index contributed by atoms with van der Waals surface area (Å²) >= 11 is 1.36. The van der Waals surface area contributed by atoms with E-state index in [1.165, 1.54) is 27.8 Å². The lowest BCUT2D eigenvalue weighted by atomic mass is 10.1. The molecule has 8 heteroatoms. The molecule has 140 valence electrons. The van der Waals surface area contributed by atoms with Crippen LogP contribution in [0, 0.1) is 6.92 Å². The van der Waals surface area contributed by atoms with Gasteiger partial charge in [-0.25, -0.2) is 4.98 Å². The van der Waals surface area contributed by atoms with Crippen LogP contribution in [0.25, 0.3) is 10.3 Å². The number of aryl methyl sites for hydroxylation is 1. The molecular weight excluding hydrogens is 362 g/mol. The third-order valence-electron chi connectivity index (χ3n) is 4.67. The Kier molecular flexibility index (Phi) is 4.89. The highest BCUT2D eigenvalue weighted by Gasteiger charge is 2.19. The Labute approximate surface area is 160 Å². The Bertz CT molecular complexity index is 1020. The van der Waals surface area contributed by atoms with Crippen LogP contribution in [0.4, 0.5) is 5.13 Å². The molecule has 27 heavy (non-hydrogen) atoms. The van der Waals surface area contributed by atoms with E-state index in [2.05, 4.69) is 20.2 Å². The molecule has 0 radical (unpaired) electrons. The molecule has 3 aromatic rings. The molecule has 1 aliphatic heterocycles. The quantitative estimate of drug-likeness (QED) is 0.730. The number of aromatic nitrogens is 3. The molecule has 1 N–H and O–H groups in total. The molecule has 0 bridgehead atoms. The van der Waals surface area contributed by atoms with Crippen molar-refractivity contribution in [3.63, 3.8) is 0 Å². The minimum absolute atomic E-state index is 0.0510. The van der Waals surface area contributed by atoms with E-state index in [1.54, 1.807) is 0 Å². The van der Waals surface area contributed by atoms with E-state index in [0.29, 0.717) is 16.9 Å². The van der Waals surface area contributed by atoms with Crippen LogP contribution in [-0.4, -0.2) is 33.5 Å². The van der Waals surface area contributed by atoms with Gasteiger partial charge in [0.15, 0.2) is 10.8 Å². The van der Waals surface area contributed by atoms with E-state index >= 15 is 0 Å². The number of carbonyl (C=O) groups is 1. The van der Waals surface area contributed by atoms with E-state index in [-0.39, 0.29) is 18.0 Å².